The van der Waals surface area contributed by atoms with Gasteiger partial charge in [-0.3, -0.25) is 5.84 Å². The van der Waals surface area contributed by atoms with Gasteiger partial charge >= 0.3 is 6.03 Å². The molecule has 2 aromatic rings. The van der Waals surface area contributed by atoms with Crippen molar-refractivity contribution < 1.29 is 4.79 Å². The van der Waals surface area contributed by atoms with Gasteiger partial charge in [0.25, 0.3) is 0 Å². The number of hydrazine groups is 1. The van der Waals surface area contributed by atoms with E-state index < -0.39 is 0 Å². The minimum Gasteiger partial charge on any atom is -0.331 e. The molecular formula is C16H17ClN4O. The van der Waals surface area contributed by atoms with Crippen LogP contribution in [0.3, 0.4) is 0 Å². The molecule has 0 aromatic heterocycles. The molecule has 114 valence electrons. The van der Waals surface area contributed by atoms with Gasteiger partial charge in [-0.1, -0.05) is 35.9 Å². The number of benzene rings is 2. The van der Waals surface area contributed by atoms with Crippen LogP contribution in [0.1, 0.15) is 23.6 Å². The SMILES string of the molecule is NNc1ccc(Cl)cc1NC(=O)NC1CCc2ccccc21. The second-order valence-electron chi connectivity index (χ2n) is 5.22. The summed E-state index contributed by atoms with van der Waals surface area (Å²) in [6.07, 6.45) is 1.89. The third-order valence-electron chi connectivity index (χ3n) is 3.82. The minimum atomic E-state index is -0.277. The third kappa shape index (κ3) is 3.00. The van der Waals surface area contributed by atoms with Crippen molar-refractivity contribution in [2.45, 2.75) is 18.9 Å². The van der Waals surface area contributed by atoms with Crippen LogP contribution in [0, 0.1) is 0 Å². The number of amides is 2. The number of nitrogens with one attached hydrogen (secondary N) is 3. The maximum absolute atomic E-state index is 12.2. The first-order chi connectivity index (χ1) is 10.7. The van der Waals surface area contributed by atoms with Crippen molar-refractivity contribution in [1.29, 1.82) is 0 Å². The fourth-order valence-corrected chi connectivity index (χ4v) is 2.94. The first kappa shape index (κ1) is 14.7. The summed E-state index contributed by atoms with van der Waals surface area (Å²) in [5.74, 6) is 5.44. The average Bonchev–Trinajstić information content (AvgIpc) is 2.91. The van der Waals surface area contributed by atoms with Gasteiger partial charge in [0.2, 0.25) is 0 Å². The van der Waals surface area contributed by atoms with Gasteiger partial charge in [0.15, 0.2) is 0 Å². The van der Waals surface area contributed by atoms with Crippen molar-refractivity contribution in [3.63, 3.8) is 0 Å². The van der Waals surface area contributed by atoms with Gasteiger partial charge in [-0.15, -0.1) is 0 Å². The number of aryl methyl sites for hydroxylation is 1. The lowest BCUT2D eigenvalue weighted by Crippen LogP contribution is -2.32. The summed E-state index contributed by atoms with van der Waals surface area (Å²) in [4.78, 5) is 12.2. The lowest BCUT2D eigenvalue weighted by molar-refractivity contribution is 0.248. The molecule has 0 spiro atoms. The zero-order chi connectivity index (χ0) is 15.5. The van der Waals surface area contributed by atoms with Crippen molar-refractivity contribution in [3.8, 4) is 0 Å². The Morgan fingerprint density at radius 2 is 2.00 bits per heavy atom. The monoisotopic (exact) mass is 316 g/mol. The molecule has 1 unspecified atom stereocenters. The first-order valence-corrected chi connectivity index (χ1v) is 7.46. The predicted molar refractivity (Wildman–Crippen MR) is 88.9 cm³/mol. The molecule has 1 aliphatic rings. The normalized spacial score (nSPS) is 16.0. The van der Waals surface area contributed by atoms with E-state index in [-0.39, 0.29) is 12.1 Å². The van der Waals surface area contributed by atoms with Gasteiger partial charge in [0.1, 0.15) is 0 Å². The molecular weight excluding hydrogens is 300 g/mol. The molecule has 1 atom stereocenters. The number of fused-ring (bicyclic) bond motifs is 1. The number of nitrogen functional groups attached to an aromatic ring is 1. The quantitative estimate of drug-likeness (QED) is 0.517. The molecule has 0 saturated heterocycles. The largest absolute Gasteiger partial charge is 0.331 e. The van der Waals surface area contributed by atoms with E-state index in [0.717, 1.165) is 12.8 Å². The number of hydrogen-bond acceptors (Lipinski definition) is 3. The lowest BCUT2D eigenvalue weighted by Gasteiger charge is -2.16. The van der Waals surface area contributed by atoms with Crippen LogP contribution in [0.25, 0.3) is 0 Å². The number of anilines is 2. The second-order valence-corrected chi connectivity index (χ2v) is 5.66. The highest BCUT2D eigenvalue weighted by atomic mass is 35.5. The Hall–Kier alpha value is -2.24. The van der Waals surface area contributed by atoms with Gasteiger partial charge in [-0.25, -0.2) is 4.79 Å². The van der Waals surface area contributed by atoms with Crippen LogP contribution in [0.2, 0.25) is 5.02 Å². The zero-order valence-corrected chi connectivity index (χ0v) is 12.7. The summed E-state index contributed by atoms with van der Waals surface area (Å²) in [5, 5.41) is 6.30. The van der Waals surface area contributed by atoms with Crippen molar-refractivity contribution in [2.75, 3.05) is 10.7 Å². The summed E-state index contributed by atoms with van der Waals surface area (Å²) in [6, 6.07) is 13.0. The lowest BCUT2D eigenvalue weighted by atomic mass is 10.1. The molecule has 22 heavy (non-hydrogen) atoms. The molecule has 2 amide bonds. The summed E-state index contributed by atoms with van der Waals surface area (Å²) >= 11 is 5.95. The standard InChI is InChI=1S/C16H17ClN4O/c17-11-6-8-14(21-18)15(9-11)20-16(22)19-13-7-5-10-3-1-2-4-12(10)13/h1-4,6,8-9,13,21H,5,7,18H2,(H2,19,20,22). The highest BCUT2D eigenvalue weighted by Gasteiger charge is 2.23. The van der Waals surface area contributed by atoms with Gasteiger partial charge < -0.3 is 16.1 Å². The maximum atomic E-state index is 12.2. The van der Waals surface area contributed by atoms with E-state index in [0.29, 0.717) is 16.4 Å². The Bertz CT molecular complexity index is 704. The molecule has 0 radical (unpaired) electrons. The van der Waals surface area contributed by atoms with E-state index in [1.807, 2.05) is 12.1 Å². The summed E-state index contributed by atoms with van der Waals surface area (Å²) in [6.45, 7) is 0. The number of nitrogens with two attached hydrogens (primary N) is 1. The molecule has 2 aromatic carbocycles. The van der Waals surface area contributed by atoms with Crippen LogP contribution in [0.5, 0.6) is 0 Å². The Kier molecular flexibility index (Phi) is 4.18. The number of carbonyl (C=O) groups is 1. The van der Waals surface area contributed by atoms with E-state index in [2.05, 4.69) is 28.2 Å². The topological polar surface area (TPSA) is 79.2 Å². The van der Waals surface area contributed by atoms with Crippen molar-refractivity contribution in [3.05, 3.63) is 58.6 Å². The zero-order valence-electron chi connectivity index (χ0n) is 11.9. The van der Waals surface area contributed by atoms with E-state index in [1.54, 1.807) is 18.2 Å². The Balaban J connectivity index is 1.70. The Morgan fingerprint density at radius 1 is 1.18 bits per heavy atom. The van der Waals surface area contributed by atoms with Gasteiger partial charge in [-0.05, 0) is 42.2 Å². The molecule has 0 fully saturated rings. The summed E-state index contributed by atoms with van der Waals surface area (Å²) in [5.41, 5.74) is 6.15. The second kappa shape index (κ2) is 6.25. The smallest absolute Gasteiger partial charge is 0.319 e. The molecule has 5 N–H and O–H groups in total. The van der Waals surface area contributed by atoms with Crippen LogP contribution in [0.15, 0.2) is 42.5 Å². The van der Waals surface area contributed by atoms with E-state index in [1.165, 1.54) is 11.1 Å². The number of rotatable bonds is 3. The molecule has 0 saturated carbocycles. The number of urea groups is 1. The molecule has 0 heterocycles. The van der Waals surface area contributed by atoms with E-state index in [9.17, 15) is 4.79 Å². The van der Waals surface area contributed by atoms with E-state index >= 15 is 0 Å². The van der Waals surface area contributed by atoms with Crippen molar-refractivity contribution >= 4 is 29.0 Å². The first-order valence-electron chi connectivity index (χ1n) is 7.09. The fraction of sp³-hybridized carbons (Fsp3) is 0.188. The van der Waals surface area contributed by atoms with Crippen LogP contribution in [0.4, 0.5) is 16.2 Å². The molecule has 1 aliphatic carbocycles. The van der Waals surface area contributed by atoms with Crippen LogP contribution in [-0.4, -0.2) is 6.03 Å². The molecule has 0 bridgehead atoms. The van der Waals surface area contributed by atoms with E-state index in [4.69, 9.17) is 17.4 Å². The van der Waals surface area contributed by atoms with Crippen LogP contribution in [-0.2, 0) is 6.42 Å². The summed E-state index contributed by atoms with van der Waals surface area (Å²) < 4.78 is 0. The van der Waals surface area contributed by atoms with Crippen molar-refractivity contribution in [2.24, 2.45) is 5.84 Å². The average molecular weight is 317 g/mol. The van der Waals surface area contributed by atoms with Crippen LogP contribution >= 0.6 is 11.6 Å². The highest BCUT2D eigenvalue weighted by molar-refractivity contribution is 6.31. The summed E-state index contributed by atoms with van der Waals surface area (Å²) in [7, 11) is 0. The number of halogens is 1. The molecule has 6 heteroatoms. The van der Waals surface area contributed by atoms with Gasteiger partial charge in [0.05, 0.1) is 17.4 Å². The fourth-order valence-electron chi connectivity index (χ4n) is 2.77. The minimum absolute atomic E-state index is 0.0321. The molecule has 5 nitrogen and oxygen atoms in total. The third-order valence-corrected chi connectivity index (χ3v) is 4.06. The Labute approximate surface area is 133 Å². The molecule has 3 rings (SSSR count). The predicted octanol–water partition coefficient (Wildman–Crippen LogP) is 3.43. The van der Waals surface area contributed by atoms with Gasteiger partial charge in [0, 0.05) is 5.02 Å². The molecule has 0 aliphatic heterocycles. The maximum Gasteiger partial charge on any atom is 0.319 e. The van der Waals surface area contributed by atoms with Crippen LogP contribution < -0.4 is 21.9 Å². The van der Waals surface area contributed by atoms with Crippen molar-refractivity contribution in [1.82, 2.24) is 5.32 Å². The number of carbonyl (C=O) groups excluding carboxylic acids is 1. The number of hydrogen-bond donors (Lipinski definition) is 4. The van der Waals surface area contributed by atoms with Gasteiger partial charge in [-0.2, -0.15) is 0 Å². The highest BCUT2D eigenvalue weighted by Crippen LogP contribution is 2.31. The Morgan fingerprint density at radius 3 is 2.82 bits per heavy atom.